The van der Waals surface area contributed by atoms with E-state index in [1.165, 1.54) is 0 Å². The van der Waals surface area contributed by atoms with E-state index in [0.29, 0.717) is 17.4 Å². The number of rotatable bonds is 4. The molecule has 0 amide bonds. The predicted molar refractivity (Wildman–Crippen MR) is 77.8 cm³/mol. The van der Waals surface area contributed by atoms with Gasteiger partial charge in [-0.05, 0) is 38.2 Å². The van der Waals surface area contributed by atoms with Crippen molar-refractivity contribution >= 4 is 17.4 Å². The fourth-order valence-corrected chi connectivity index (χ4v) is 2.05. The molecule has 0 fully saturated rings. The largest absolute Gasteiger partial charge is 0.384 e. The Hall–Kier alpha value is -1.65. The van der Waals surface area contributed by atoms with Gasteiger partial charge in [0.15, 0.2) is 0 Å². The SMILES string of the molecule is Cc1cccc(CN(C)Cc2nc(N)ccc2Cl)n1. The molecule has 4 nitrogen and oxygen atoms in total. The summed E-state index contributed by atoms with van der Waals surface area (Å²) in [6.45, 7) is 3.37. The lowest BCUT2D eigenvalue weighted by molar-refractivity contribution is 0.311. The molecule has 2 N–H and O–H groups in total. The van der Waals surface area contributed by atoms with Gasteiger partial charge in [0.25, 0.3) is 0 Å². The van der Waals surface area contributed by atoms with E-state index < -0.39 is 0 Å². The van der Waals surface area contributed by atoms with Gasteiger partial charge in [0, 0.05) is 18.8 Å². The third kappa shape index (κ3) is 3.91. The maximum Gasteiger partial charge on any atom is 0.123 e. The Kier molecular flexibility index (Phi) is 4.35. The Morgan fingerprint density at radius 1 is 1.16 bits per heavy atom. The van der Waals surface area contributed by atoms with E-state index in [2.05, 4.69) is 14.9 Å². The summed E-state index contributed by atoms with van der Waals surface area (Å²) in [5.74, 6) is 0.487. The summed E-state index contributed by atoms with van der Waals surface area (Å²) >= 11 is 6.11. The van der Waals surface area contributed by atoms with Crippen LogP contribution in [0.5, 0.6) is 0 Å². The number of nitrogens with zero attached hydrogens (tertiary/aromatic N) is 3. The number of nitrogen functional groups attached to an aromatic ring is 1. The Labute approximate surface area is 118 Å². The molecular weight excluding hydrogens is 260 g/mol. The smallest absolute Gasteiger partial charge is 0.123 e. The number of nitrogens with two attached hydrogens (primary N) is 1. The minimum atomic E-state index is 0.487. The number of hydrogen-bond donors (Lipinski definition) is 1. The van der Waals surface area contributed by atoms with Crippen LogP contribution in [0.1, 0.15) is 17.1 Å². The first kappa shape index (κ1) is 13.8. The highest BCUT2D eigenvalue weighted by Gasteiger charge is 2.08. The number of aryl methyl sites for hydroxylation is 1. The molecule has 0 unspecified atom stereocenters. The third-order valence-electron chi connectivity index (χ3n) is 2.74. The lowest BCUT2D eigenvalue weighted by Crippen LogP contribution is -2.19. The number of anilines is 1. The number of aromatic nitrogens is 2. The summed E-state index contributed by atoms with van der Waals surface area (Å²) in [6, 6.07) is 9.49. The summed E-state index contributed by atoms with van der Waals surface area (Å²) in [5.41, 5.74) is 8.51. The van der Waals surface area contributed by atoms with E-state index in [0.717, 1.165) is 23.6 Å². The molecule has 2 heterocycles. The zero-order valence-electron chi connectivity index (χ0n) is 11.1. The first-order chi connectivity index (χ1) is 9.04. The van der Waals surface area contributed by atoms with E-state index in [4.69, 9.17) is 17.3 Å². The highest BCUT2D eigenvalue weighted by Crippen LogP contribution is 2.17. The van der Waals surface area contributed by atoms with Gasteiger partial charge in [-0.3, -0.25) is 9.88 Å². The van der Waals surface area contributed by atoms with Crippen molar-refractivity contribution in [3.8, 4) is 0 Å². The summed E-state index contributed by atoms with van der Waals surface area (Å²) in [7, 11) is 2.01. The second-order valence-corrected chi connectivity index (χ2v) is 5.01. The summed E-state index contributed by atoms with van der Waals surface area (Å²) in [5, 5.41) is 0.637. The monoisotopic (exact) mass is 276 g/mol. The molecule has 0 bridgehead atoms. The molecule has 0 aromatic carbocycles. The lowest BCUT2D eigenvalue weighted by Gasteiger charge is -2.16. The fourth-order valence-electron chi connectivity index (χ4n) is 1.89. The molecule has 2 aromatic rings. The highest BCUT2D eigenvalue weighted by atomic mass is 35.5. The van der Waals surface area contributed by atoms with Crippen molar-refractivity contribution in [1.82, 2.24) is 14.9 Å². The zero-order chi connectivity index (χ0) is 13.8. The van der Waals surface area contributed by atoms with E-state index in [9.17, 15) is 0 Å². The number of hydrogen-bond acceptors (Lipinski definition) is 4. The van der Waals surface area contributed by atoms with Crippen LogP contribution < -0.4 is 5.73 Å². The summed E-state index contributed by atoms with van der Waals surface area (Å²) < 4.78 is 0. The Morgan fingerprint density at radius 2 is 1.95 bits per heavy atom. The van der Waals surface area contributed by atoms with Gasteiger partial charge in [0.2, 0.25) is 0 Å². The molecule has 0 atom stereocenters. The van der Waals surface area contributed by atoms with Gasteiger partial charge in [-0.2, -0.15) is 0 Å². The van der Waals surface area contributed by atoms with Crippen LogP contribution in [0.3, 0.4) is 0 Å². The van der Waals surface area contributed by atoms with Gasteiger partial charge in [-0.15, -0.1) is 0 Å². The standard InChI is InChI=1S/C14H17ClN4/c1-10-4-3-5-11(17-10)8-19(2)9-13-12(15)6-7-14(16)18-13/h3-7H,8-9H2,1-2H3,(H2,16,18). The van der Waals surface area contributed by atoms with Crippen molar-refractivity contribution in [2.24, 2.45) is 0 Å². The molecular formula is C14H17ClN4. The Morgan fingerprint density at radius 3 is 2.68 bits per heavy atom. The molecule has 0 radical (unpaired) electrons. The van der Waals surface area contributed by atoms with Crippen LogP contribution in [0.15, 0.2) is 30.3 Å². The molecule has 2 rings (SSSR count). The molecule has 0 aliphatic heterocycles. The van der Waals surface area contributed by atoms with Gasteiger partial charge in [-0.1, -0.05) is 17.7 Å². The number of halogens is 1. The molecule has 0 aliphatic rings. The topological polar surface area (TPSA) is 55.0 Å². The van der Waals surface area contributed by atoms with Crippen molar-refractivity contribution < 1.29 is 0 Å². The maximum atomic E-state index is 6.11. The minimum absolute atomic E-state index is 0.487. The van der Waals surface area contributed by atoms with Gasteiger partial charge in [0.1, 0.15) is 5.82 Å². The average molecular weight is 277 g/mol. The van der Waals surface area contributed by atoms with Gasteiger partial charge < -0.3 is 5.73 Å². The van der Waals surface area contributed by atoms with Crippen molar-refractivity contribution in [2.75, 3.05) is 12.8 Å². The highest BCUT2D eigenvalue weighted by molar-refractivity contribution is 6.31. The van der Waals surface area contributed by atoms with Crippen LogP contribution in [-0.2, 0) is 13.1 Å². The van der Waals surface area contributed by atoms with Crippen LogP contribution in [0.4, 0.5) is 5.82 Å². The Balaban J connectivity index is 2.05. The first-order valence-electron chi connectivity index (χ1n) is 6.06. The summed E-state index contributed by atoms with van der Waals surface area (Å²) in [4.78, 5) is 10.8. The van der Waals surface area contributed by atoms with Crippen LogP contribution in [-0.4, -0.2) is 21.9 Å². The van der Waals surface area contributed by atoms with Crippen LogP contribution >= 0.6 is 11.6 Å². The third-order valence-corrected chi connectivity index (χ3v) is 3.08. The molecule has 0 saturated heterocycles. The van der Waals surface area contributed by atoms with Crippen LogP contribution in [0, 0.1) is 6.92 Å². The summed E-state index contributed by atoms with van der Waals surface area (Å²) in [6.07, 6.45) is 0. The molecule has 5 heteroatoms. The fraction of sp³-hybridized carbons (Fsp3) is 0.286. The van der Waals surface area contributed by atoms with Gasteiger partial charge >= 0.3 is 0 Å². The quantitative estimate of drug-likeness (QED) is 0.933. The minimum Gasteiger partial charge on any atom is -0.384 e. The molecule has 2 aromatic heterocycles. The van der Waals surface area contributed by atoms with Crippen molar-refractivity contribution in [2.45, 2.75) is 20.0 Å². The zero-order valence-corrected chi connectivity index (χ0v) is 11.9. The molecule has 0 spiro atoms. The second-order valence-electron chi connectivity index (χ2n) is 4.61. The van der Waals surface area contributed by atoms with E-state index in [-0.39, 0.29) is 0 Å². The molecule has 19 heavy (non-hydrogen) atoms. The van der Waals surface area contributed by atoms with Crippen molar-refractivity contribution in [3.63, 3.8) is 0 Å². The van der Waals surface area contributed by atoms with E-state index >= 15 is 0 Å². The van der Waals surface area contributed by atoms with Crippen molar-refractivity contribution in [3.05, 3.63) is 52.4 Å². The first-order valence-corrected chi connectivity index (χ1v) is 6.44. The van der Waals surface area contributed by atoms with Gasteiger partial charge in [0.05, 0.1) is 16.4 Å². The van der Waals surface area contributed by atoms with Gasteiger partial charge in [-0.25, -0.2) is 4.98 Å². The normalized spacial score (nSPS) is 10.9. The lowest BCUT2D eigenvalue weighted by atomic mass is 10.3. The van der Waals surface area contributed by atoms with Crippen LogP contribution in [0.2, 0.25) is 5.02 Å². The number of pyridine rings is 2. The average Bonchev–Trinajstić information content (AvgIpc) is 2.34. The Bertz CT molecular complexity index is 571. The van der Waals surface area contributed by atoms with Crippen molar-refractivity contribution in [1.29, 1.82) is 0 Å². The molecule has 0 aliphatic carbocycles. The maximum absolute atomic E-state index is 6.11. The second kappa shape index (κ2) is 5.99. The van der Waals surface area contributed by atoms with E-state index in [1.54, 1.807) is 12.1 Å². The molecule has 0 saturated carbocycles. The van der Waals surface area contributed by atoms with E-state index in [1.807, 2.05) is 32.2 Å². The molecule has 100 valence electrons. The predicted octanol–water partition coefficient (Wildman–Crippen LogP) is 2.65. The van der Waals surface area contributed by atoms with Crippen LogP contribution in [0.25, 0.3) is 0 Å².